The quantitative estimate of drug-likeness (QED) is 0.593. The highest BCUT2D eigenvalue weighted by atomic mass is 32.1. The molecule has 7 nitrogen and oxygen atoms in total. The zero-order valence-corrected chi connectivity index (χ0v) is 14.1. The molecule has 0 fully saturated rings. The van der Waals surface area contributed by atoms with Crippen LogP contribution in [0.4, 0.5) is 0 Å². The van der Waals surface area contributed by atoms with Crippen LogP contribution in [-0.2, 0) is 6.54 Å². The molecule has 0 bridgehead atoms. The molecule has 25 heavy (non-hydrogen) atoms. The molecule has 126 valence electrons. The summed E-state index contributed by atoms with van der Waals surface area (Å²) in [5.74, 6) is 0.939. The van der Waals surface area contributed by atoms with Crippen molar-refractivity contribution < 1.29 is 13.7 Å². The van der Waals surface area contributed by atoms with Crippen LogP contribution in [0, 0.1) is 6.92 Å². The third-order valence-corrected chi connectivity index (χ3v) is 4.74. The number of carbonyl (C=O) groups excluding carboxylic acids is 1. The molecule has 0 atom stereocenters. The number of nitrogens with zero attached hydrogens (tertiary/aromatic N) is 3. The zero-order valence-electron chi connectivity index (χ0n) is 13.3. The summed E-state index contributed by atoms with van der Waals surface area (Å²) in [6, 6.07) is 9.12. The molecule has 0 unspecified atom stereocenters. The lowest BCUT2D eigenvalue weighted by Crippen LogP contribution is -2.22. The second-order valence-corrected chi connectivity index (χ2v) is 6.32. The summed E-state index contributed by atoms with van der Waals surface area (Å²) in [6.45, 7) is 2.09. The van der Waals surface area contributed by atoms with Crippen LogP contribution in [-0.4, -0.2) is 20.6 Å². The number of aryl methyl sites for hydroxylation is 1. The van der Waals surface area contributed by atoms with Crippen LogP contribution in [0.5, 0.6) is 0 Å². The molecule has 0 aliphatic carbocycles. The SMILES string of the molecule is Cc1nc(-n2cccc2)sc1C(=O)NCc1cc(-c2ccco2)on1. The molecule has 4 rings (SSSR count). The van der Waals surface area contributed by atoms with Gasteiger partial charge in [0.05, 0.1) is 18.5 Å². The van der Waals surface area contributed by atoms with Gasteiger partial charge in [-0.05, 0) is 31.2 Å². The Morgan fingerprint density at radius 2 is 2.12 bits per heavy atom. The summed E-state index contributed by atoms with van der Waals surface area (Å²) >= 11 is 1.34. The van der Waals surface area contributed by atoms with E-state index in [4.69, 9.17) is 8.94 Å². The van der Waals surface area contributed by atoms with Crippen molar-refractivity contribution in [3.8, 4) is 16.7 Å². The van der Waals surface area contributed by atoms with Crippen molar-refractivity contribution in [1.29, 1.82) is 0 Å². The van der Waals surface area contributed by atoms with Gasteiger partial charge in [0.1, 0.15) is 10.6 Å². The third kappa shape index (κ3) is 3.11. The van der Waals surface area contributed by atoms with Crippen molar-refractivity contribution >= 4 is 17.2 Å². The summed E-state index contributed by atoms with van der Waals surface area (Å²) in [6.07, 6.45) is 5.35. The summed E-state index contributed by atoms with van der Waals surface area (Å²) in [5, 5.41) is 7.54. The van der Waals surface area contributed by atoms with E-state index in [0.717, 1.165) is 5.13 Å². The van der Waals surface area contributed by atoms with E-state index in [1.165, 1.54) is 11.3 Å². The van der Waals surface area contributed by atoms with Gasteiger partial charge in [-0.1, -0.05) is 16.5 Å². The first kappa shape index (κ1) is 15.4. The normalized spacial score (nSPS) is 10.9. The molecule has 4 heterocycles. The fraction of sp³-hybridized carbons (Fsp3) is 0.118. The Balaban J connectivity index is 1.44. The Morgan fingerprint density at radius 1 is 1.28 bits per heavy atom. The average molecular weight is 354 g/mol. The van der Waals surface area contributed by atoms with Crippen molar-refractivity contribution in [2.45, 2.75) is 13.5 Å². The Kier molecular flexibility index (Phi) is 3.95. The Hall–Kier alpha value is -3.13. The predicted molar refractivity (Wildman–Crippen MR) is 91.6 cm³/mol. The summed E-state index contributed by atoms with van der Waals surface area (Å²) in [7, 11) is 0. The number of furan rings is 1. The number of aromatic nitrogens is 3. The highest BCUT2D eigenvalue weighted by Crippen LogP contribution is 2.22. The van der Waals surface area contributed by atoms with Gasteiger partial charge in [0, 0.05) is 18.5 Å². The van der Waals surface area contributed by atoms with E-state index >= 15 is 0 Å². The Labute approximate surface area is 146 Å². The zero-order chi connectivity index (χ0) is 17.2. The van der Waals surface area contributed by atoms with E-state index in [1.807, 2.05) is 36.0 Å². The molecule has 4 aromatic heterocycles. The molecule has 8 heteroatoms. The minimum atomic E-state index is -0.184. The fourth-order valence-corrected chi connectivity index (χ4v) is 3.30. The minimum Gasteiger partial charge on any atom is -0.461 e. The average Bonchev–Trinajstić information content (AvgIpc) is 3.38. The van der Waals surface area contributed by atoms with Crippen molar-refractivity contribution in [2.75, 3.05) is 0 Å². The second-order valence-electron chi connectivity index (χ2n) is 5.34. The number of hydrogen-bond donors (Lipinski definition) is 1. The summed E-state index contributed by atoms with van der Waals surface area (Å²) in [5.41, 5.74) is 1.31. The first-order valence-corrected chi connectivity index (χ1v) is 8.41. The van der Waals surface area contributed by atoms with E-state index in [0.29, 0.717) is 27.8 Å². The van der Waals surface area contributed by atoms with Gasteiger partial charge in [0.25, 0.3) is 5.91 Å². The number of nitrogens with one attached hydrogen (secondary N) is 1. The van der Waals surface area contributed by atoms with Gasteiger partial charge >= 0.3 is 0 Å². The standard InChI is InChI=1S/C17H14N4O3S/c1-11-15(25-17(19-11)21-6-2-3-7-21)16(22)18-10-12-9-14(24-20-12)13-5-4-8-23-13/h2-9H,10H2,1H3,(H,18,22). The summed E-state index contributed by atoms with van der Waals surface area (Å²) in [4.78, 5) is 17.5. The van der Waals surface area contributed by atoms with Crippen molar-refractivity contribution in [3.63, 3.8) is 0 Å². The molecular weight excluding hydrogens is 340 g/mol. The molecule has 0 radical (unpaired) electrons. The lowest BCUT2D eigenvalue weighted by atomic mass is 10.3. The molecule has 4 aromatic rings. The number of amides is 1. The van der Waals surface area contributed by atoms with E-state index in [9.17, 15) is 4.79 Å². The van der Waals surface area contributed by atoms with Crippen molar-refractivity contribution in [2.24, 2.45) is 0 Å². The van der Waals surface area contributed by atoms with Crippen LogP contribution in [0.2, 0.25) is 0 Å². The largest absolute Gasteiger partial charge is 0.461 e. The maximum absolute atomic E-state index is 12.4. The summed E-state index contributed by atoms with van der Waals surface area (Å²) < 4.78 is 12.3. The predicted octanol–water partition coefficient (Wildman–Crippen LogP) is 3.42. The van der Waals surface area contributed by atoms with Gasteiger partial charge in [0.15, 0.2) is 10.9 Å². The molecule has 1 amide bonds. The molecule has 0 aliphatic rings. The maximum atomic E-state index is 12.4. The van der Waals surface area contributed by atoms with Gasteiger partial charge in [-0.2, -0.15) is 0 Å². The molecule has 1 N–H and O–H groups in total. The number of carbonyl (C=O) groups is 1. The lowest BCUT2D eigenvalue weighted by Gasteiger charge is -2.00. The Morgan fingerprint density at radius 3 is 2.88 bits per heavy atom. The number of thiazole rings is 1. The highest BCUT2D eigenvalue weighted by molar-refractivity contribution is 7.16. The van der Waals surface area contributed by atoms with Crippen LogP contribution in [0.25, 0.3) is 16.7 Å². The van der Waals surface area contributed by atoms with Crippen LogP contribution < -0.4 is 5.32 Å². The van der Waals surface area contributed by atoms with Crippen molar-refractivity contribution in [1.82, 2.24) is 20.0 Å². The number of rotatable bonds is 5. The molecule has 0 aliphatic heterocycles. The van der Waals surface area contributed by atoms with E-state index in [2.05, 4.69) is 15.5 Å². The van der Waals surface area contributed by atoms with Crippen molar-refractivity contribution in [3.05, 3.63) is 65.3 Å². The van der Waals surface area contributed by atoms with Gasteiger partial charge in [0.2, 0.25) is 5.76 Å². The van der Waals surface area contributed by atoms with Crippen LogP contribution in [0.1, 0.15) is 21.1 Å². The van der Waals surface area contributed by atoms with Crippen LogP contribution in [0.3, 0.4) is 0 Å². The molecule has 0 saturated carbocycles. The van der Waals surface area contributed by atoms with Crippen LogP contribution >= 0.6 is 11.3 Å². The van der Waals surface area contributed by atoms with E-state index < -0.39 is 0 Å². The second kappa shape index (κ2) is 6.40. The van der Waals surface area contributed by atoms with E-state index in [1.54, 1.807) is 24.5 Å². The third-order valence-electron chi connectivity index (χ3n) is 3.57. The molecular formula is C17H14N4O3S. The molecule has 0 saturated heterocycles. The minimum absolute atomic E-state index is 0.184. The monoisotopic (exact) mass is 354 g/mol. The van der Waals surface area contributed by atoms with Gasteiger partial charge in [-0.25, -0.2) is 4.98 Å². The van der Waals surface area contributed by atoms with Crippen LogP contribution in [0.15, 0.2) is 57.9 Å². The van der Waals surface area contributed by atoms with Gasteiger partial charge < -0.3 is 18.8 Å². The molecule has 0 spiro atoms. The highest BCUT2D eigenvalue weighted by Gasteiger charge is 2.17. The topological polar surface area (TPSA) is 86.1 Å². The van der Waals surface area contributed by atoms with Gasteiger partial charge in [-0.3, -0.25) is 4.79 Å². The maximum Gasteiger partial charge on any atom is 0.263 e. The molecule has 0 aromatic carbocycles. The fourth-order valence-electron chi connectivity index (χ4n) is 2.35. The first-order chi connectivity index (χ1) is 12.2. The number of hydrogen-bond acceptors (Lipinski definition) is 6. The van der Waals surface area contributed by atoms with Gasteiger partial charge in [-0.15, -0.1) is 0 Å². The first-order valence-electron chi connectivity index (χ1n) is 7.59. The Bertz CT molecular complexity index is 983. The smallest absolute Gasteiger partial charge is 0.263 e. The lowest BCUT2D eigenvalue weighted by molar-refractivity contribution is 0.0953. The van der Waals surface area contributed by atoms with E-state index in [-0.39, 0.29) is 12.5 Å².